The van der Waals surface area contributed by atoms with Gasteiger partial charge in [0, 0.05) is 10.9 Å². The summed E-state index contributed by atoms with van der Waals surface area (Å²) in [6, 6.07) is 7.42. The van der Waals surface area contributed by atoms with Crippen molar-refractivity contribution in [3.63, 3.8) is 0 Å². The molecule has 0 aliphatic carbocycles. The molecule has 0 aliphatic heterocycles. The number of nitrogens with one attached hydrogen (secondary N) is 1. The lowest BCUT2D eigenvalue weighted by Crippen LogP contribution is -2.21. The maximum Gasteiger partial charge on any atom is 0.260 e. The number of rotatable bonds is 5. The molecule has 0 spiro atoms. The fourth-order valence-electron chi connectivity index (χ4n) is 2.66. The quantitative estimate of drug-likeness (QED) is 0.601. The van der Waals surface area contributed by atoms with E-state index in [0.717, 1.165) is 11.3 Å². The van der Waals surface area contributed by atoms with E-state index in [4.69, 9.17) is 8.83 Å². The molecule has 0 saturated carbocycles. The van der Waals surface area contributed by atoms with Crippen molar-refractivity contribution in [2.24, 2.45) is 0 Å². The Labute approximate surface area is 141 Å². The van der Waals surface area contributed by atoms with Crippen molar-refractivity contribution < 1.29 is 8.83 Å². The molecule has 0 unspecified atom stereocenters. The lowest BCUT2D eigenvalue weighted by Gasteiger charge is -2.14. The number of H-pyrrole nitrogens is 1. The zero-order chi connectivity index (χ0) is 16.5. The van der Waals surface area contributed by atoms with Gasteiger partial charge < -0.3 is 13.8 Å². The van der Waals surface area contributed by atoms with Crippen LogP contribution in [0.15, 0.2) is 55.8 Å². The summed E-state index contributed by atoms with van der Waals surface area (Å²) in [6.07, 6.45) is 3.25. The Balaban J connectivity index is 1.63. The van der Waals surface area contributed by atoms with Gasteiger partial charge in [-0.2, -0.15) is 0 Å². The van der Waals surface area contributed by atoms with Crippen LogP contribution in [0.25, 0.3) is 21.5 Å². The van der Waals surface area contributed by atoms with Crippen molar-refractivity contribution in [3.05, 3.63) is 64.1 Å². The highest BCUT2D eigenvalue weighted by atomic mass is 32.1. The molecule has 1 N–H and O–H groups in total. The average molecular weight is 341 g/mol. The minimum atomic E-state index is -0.144. The first-order chi connectivity index (χ1) is 11.7. The second-order valence-electron chi connectivity index (χ2n) is 5.57. The minimum Gasteiger partial charge on any atom is -0.468 e. The Morgan fingerprint density at radius 1 is 1.21 bits per heavy atom. The van der Waals surface area contributed by atoms with Crippen molar-refractivity contribution in [1.29, 1.82) is 0 Å². The first-order valence-corrected chi connectivity index (χ1v) is 8.34. The number of hydrogen-bond acceptors (Lipinski definition) is 6. The monoisotopic (exact) mass is 341 g/mol. The van der Waals surface area contributed by atoms with Gasteiger partial charge in [-0.25, -0.2) is 4.98 Å². The van der Waals surface area contributed by atoms with E-state index in [1.54, 1.807) is 18.6 Å². The van der Waals surface area contributed by atoms with Crippen LogP contribution >= 0.6 is 11.3 Å². The van der Waals surface area contributed by atoms with Crippen molar-refractivity contribution in [3.8, 4) is 11.3 Å². The van der Waals surface area contributed by atoms with Gasteiger partial charge in [-0.05, 0) is 31.3 Å². The number of aromatic amines is 1. The summed E-state index contributed by atoms with van der Waals surface area (Å²) in [6.45, 7) is 1.18. The number of thiophene rings is 1. The number of nitrogens with zero attached hydrogens (tertiary/aromatic N) is 2. The normalized spacial score (nSPS) is 11.6. The fourth-order valence-corrected chi connectivity index (χ4v) is 3.61. The van der Waals surface area contributed by atoms with Gasteiger partial charge >= 0.3 is 0 Å². The molecule has 0 saturated heterocycles. The first-order valence-electron chi connectivity index (χ1n) is 7.46. The van der Waals surface area contributed by atoms with Gasteiger partial charge in [-0.15, -0.1) is 11.3 Å². The summed E-state index contributed by atoms with van der Waals surface area (Å²) in [7, 11) is 1.95. The van der Waals surface area contributed by atoms with Crippen LogP contribution in [0.4, 0.5) is 0 Å². The summed E-state index contributed by atoms with van der Waals surface area (Å²) in [5.41, 5.74) is 0.637. The molecule has 0 amide bonds. The molecule has 4 aromatic heterocycles. The SMILES string of the molecule is CN(Cc1nc2scc(-c3ccco3)c2c(=O)[nH]1)Cc1ccco1. The molecule has 24 heavy (non-hydrogen) atoms. The summed E-state index contributed by atoms with van der Waals surface area (Å²) >= 11 is 1.44. The van der Waals surface area contributed by atoms with E-state index in [1.165, 1.54) is 11.3 Å². The molecule has 122 valence electrons. The molecule has 0 atom stereocenters. The van der Waals surface area contributed by atoms with Gasteiger partial charge in [-0.1, -0.05) is 0 Å². The molecule has 4 rings (SSSR count). The maximum atomic E-state index is 12.5. The summed E-state index contributed by atoms with van der Waals surface area (Å²) in [4.78, 5) is 22.7. The van der Waals surface area contributed by atoms with Crippen LogP contribution < -0.4 is 5.56 Å². The Kier molecular flexibility index (Phi) is 3.79. The standard InChI is InChI=1S/C17H15N3O3S/c1-20(8-11-4-2-6-22-11)9-14-18-16(21)15-12(10-24-17(15)19-14)13-5-3-7-23-13/h2-7,10H,8-9H2,1H3,(H,18,19,21). The average Bonchev–Trinajstić information content (AvgIpc) is 3.27. The van der Waals surface area contributed by atoms with Gasteiger partial charge in [0.05, 0.1) is 31.0 Å². The van der Waals surface area contributed by atoms with Gasteiger partial charge in [0.25, 0.3) is 5.56 Å². The van der Waals surface area contributed by atoms with Gasteiger partial charge in [-0.3, -0.25) is 9.69 Å². The van der Waals surface area contributed by atoms with Gasteiger partial charge in [0.2, 0.25) is 0 Å². The van der Waals surface area contributed by atoms with E-state index >= 15 is 0 Å². The van der Waals surface area contributed by atoms with E-state index < -0.39 is 0 Å². The summed E-state index contributed by atoms with van der Waals surface area (Å²) in [5, 5.41) is 2.48. The molecule has 0 aliphatic rings. The number of fused-ring (bicyclic) bond motifs is 1. The Bertz CT molecular complexity index is 1000. The third kappa shape index (κ3) is 2.79. The Morgan fingerprint density at radius 2 is 2.04 bits per heavy atom. The molecule has 0 aromatic carbocycles. The lowest BCUT2D eigenvalue weighted by atomic mass is 10.2. The second-order valence-corrected chi connectivity index (χ2v) is 6.43. The van der Waals surface area contributed by atoms with E-state index in [-0.39, 0.29) is 5.56 Å². The van der Waals surface area contributed by atoms with E-state index in [1.807, 2.05) is 35.5 Å². The zero-order valence-electron chi connectivity index (χ0n) is 13.0. The molecule has 6 nitrogen and oxygen atoms in total. The fraction of sp³-hybridized carbons (Fsp3) is 0.176. The van der Waals surface area contributed by atoms with E-state index in [2.05, 4.69) is 9.97 Å². The second kappa shape index (κ2) is 6.10. The minimum absolute atomic E-state index is 0.144. The predicted molar refractivity (Wildman–Crippen MR) is 91.8 cm³/mol. The van der Waals surface area contributed by atoms with Crippen LogP contribution in [0.1, 0.15) is 11.6 Å². The third-order valence-corrected chi connectivity index (χ3v) is 4.58. The van der Waals surface area contributed by atoms with E-state index in [9.17, 15) is 4.79 Å². The zero-order valence-corrected chi connectivity index (χ0v) is 13.8. The van der Waals surface area contributed by atoms with E-state index in [0.29, 0.717) is 34.9 Å². The van der Waals surface area contributed by atoms with Crippen LogP contribution in [-0.2, 0) is 13.1 Å². The van der Waals surface area contributed by atoms with Gasteiger partial charge in [0.15, 0.2) is 0 Å². The third-order valence-electron chi connectivity index (χ3n) is 3.71. The summed E-state index contributed by atoms with van der Waals surface area (Å²) in [5.74, 6) is 2.18. The number of hydrogen-bond donors (Lipinski definition) is 1. The molecule has 4 aromatic rings. The van der Waals surface area contributed by atoms with Crippen molar-refractivity contribution in [2.75, 3.05) is 7.05 Å². The highest BCUT2D eigenvalue weighted by molar-refractivity contribution is 7.17. The first kappa shape index (κ1) is 14.9. The highest BCUT2D eigenvalue weighted by Crippen LogP contribution is 2.30. The molecule has 0 fully saturated rings. The molecule has 0 bridgehead atoms. The Hall–Kier alpha value is -2.64. The van der Waals surface area contributed by atoms with Crippen LogP contribution in [0.3, 0.4) is 0 Å². The van der Waals surface area contributed by atoms with Crippen LogP contribution in [0, 0.1) is 0 Å². The summed E-state index contributed by atoms with van der Waals surface area (Å²) < 4.78 is 10.7. The topological polar surface area (TPSA) is 75.3 Å². The van der Waals surface area contributed by atoms with Crippen LogP contribution in [0.2, 0.25) is 0 Å². The van der Waals surface area contributed by atoms with Crippen molar-refractivity contribution >= 4 is 21.6 Å². The molecular weight excluding hydrogens is 326 g/mol. The molecule has 4 heterocycles. The lowest BCUT2D eigenvalue weighted by molar-refractivity contribution is 0.281. The number of aromatic nitrogens is 2. The van der Waals surface area contributed by atoms with Gasteiger partial charge in [0.1, 0.15) is 22.2 Å². The largest absolute Gasteiger partial charge is 0.468 e. The molecule has 0 radical (unpaired) electrons. The van der Waals surface area contributed by atoms with Crippen molar-refractivity contribution in [1.82, 2.24) is 14.9 Å². The Morgan fingerprint density at radius 3 is 2.79 bits per heavy atom. The smallest absolute Gasteiger partial charge is 0.260 e. The maximum absolute atomic E-state index is 12.5. The molecular formula is C17H15N3O3S. The van der Waals surface area contributed by atoms with Crippen molar-refractivity contribution in [2.45, 2.75) is 13.1 Å². The predicted octanol–water partition coefficient (Wildman–Crippen LogP) is 3.47. The van der Waals surface area contributed by atoms with Crippen LogP contribution in [-0.4, -0.2) is 21.9 Å². The number of furan rings is 2. The molecule has 7 heteroatoms. The van der Waals surface area contributed by atoms with Crippen LogP contribution in [0.5, 0.6) is 0 Å². The highest BCUT2D eigenvalue weighted by Gasteiger charge is 2.15.